The predicted molar refractivity (Wildman–Crippen MR) is 69.1 cm³/mol. The van der Waals surface area contributed by atoms with Crippen molar-refractivity contribution >= 4 is 17.6 Å². The third-order valence-electron chi connectivity index (χ3n) is 2.73. The fourth-order valence-corrected chi connectivity index (χ4v) is 1.97. The molecule has 0 saturated heterocycles. The molecule has 112 valence electrons. The third-order valence-corrected chi connectivity index (χ3v) is 3.09. The van der Waals surface area contributed by atoms with Crippen LogP contribution < -0.4 is 0 Å². The molecule has 0 spiro atoms. The molecule has 2 rings (SSSR count). The maximum absolute atomic E-state index is 12.9. The topological polar surface area (TPSA) is 44.1 Å². The summed E-state index contributed by atoms with van der Waals surface area (Å²) in [5.41, 5.74) is -1.31. The number of rotatable bonds is 3. The number of methoxy groups -OCH3 is 1. The van der Waals surface area contributed by atoms with Gasteiger partial charge in [0.15, 0.2) is 5.69 Å². The van der Waals surface area contributed by atoms with Gasteiger partial charge in [0, 0.05) is 11.2 Å². The van der Waals surface area contributed by atoms with Crippen molar-refractivity contribution in [3.8, 4) is 0 Å². The average molecular weight is 319 g/mol. The fourth-order valence-electron chi connectivity index (χ4n) is 1.77. The van der Waals surface area contributed by atoms with E-state index in [-0.39, 0.29) is 6.54 Å². The van der Waals surface area contributed by atoms with Gasteiger partial charge in [0.25, 0.3) is 0 Å². The molecule has 0 unspecified atom stereocenters. The van der Waals surface area contributed by atoms with E-state index in [0.717, 1.165) is 18.0 Å². The number of ether oxygens (including phenoxy) is 1. The second kappa shape index (κ2) is 5.77. The Kier molecular flexibility index (Phi) is 4.22. The van der Waals surface area contributed by atoms with Crippen LogP contribution in [0.1, 0.15) is 21.6 Å². The van der Waals surface area contributed by atoms with Crippen molar-refractivity contribution in [1.29, 1.82) is 0 Å². The summed E-state index contributed by atoms with van der Waals surface area (Å²) in [6, 6.07) is 6.69. The zero-order chi connectivity index (χ0) is 15.6. The van der Waals surface area contributed by atoms with Gasteiger partial charge in [-0.05, 0) is 11.6 Å². The summed E-state index contributed by atoms with van der Waals surface area (Å²) in [6.07, 6.45) is -3.74. The van der Waals surface area contributed by atoms with E-state index in [0.29, 0.717) is 10.6 Å². The van der Waals surface area contributed by atoms with E-state index >= 15 is 0 Å². The van der Waals surface area contributed by atoms with Gasteiger partial charge < -0.3 is 4.74 Å². The number of esters is 1. The predicted octanol–water partition coefficient (Wildman–Crippen LogP) is 3.39. The largest absolute Gasteiger partial charge is 0.465 e. The lowest BCUT2D eigenvalue weighted by Crippen LogP contribution is -2.13. The minimum Gasteiger partial charge on any atom is -0.465 e. The number of hydrogen-bond acceptors (Lipinski definition) is 3. The molecular formula is C13H10ClF3N2O2. The molecular weight excluding hydrogens is 309 g/mol. The SMILES string of the molecule is COC(=O)c1cn(Cc2ccccc2Cl)nc1C(F)(F)F. The Hall–Kier alpha value is -2.02. The second-order valence-electron chi connectivity index (χ2n) is 4.17. The van der Waals surface area contributed by atoms with Crippen LogP contribution in [-0.4, -0.2) is 22.9 Å². The molecule has 0 radical (unpaired) electrons. The quantitative estimate of drug-likeness (QED) is 0.815. The summed E-state index contributed by atoms with van der Waals surface area (Å²) in [5, 5.41) is 3.82. The first-order chi connectivity index (χ1) is 9.82. The fraction of sp³-hybridized carbons (Fsp3) is 0.231. The van der Waals surface area contributed by atoms with Crippen LogP contribution in [-0.2, 0) is 17.5 Å². The smallest absolute Gasteiger partial charge is 0.436 e. The summed E-state index contributed by atoms with van der Waals surface area (Å²) < 4.78 is 44.0. The number of carbonyl (C=O) groups is 1. The summed E-state index contributed by atoms with van der Waals surface area (Å²) in [7, 11) is 1.01. The maximum Gasteiger partial charge on any atom is 0.436 e. The van der Waals surface area contributed by atoms with Gasteiger partial charge >= 0.3 is 12.1 Å². The van der Waals surface area contributed by atoms with Gasteiger partial charge in [0.05, 0.1) is 13.7 Å². The molecule has 2 aromatic rings. The van der Waals surface area contributed by atoms with E-state index in [1.165, 1.54) is 0 Å². The highest BCUT2D eigenvalue weighted by Gasteiger charge is 2.39. The Morgan fingerprint density at radius 2 is 2.05 bits per heavy atom. The minimum atomic E-state index is -4.74. The summed E-state index contributed by atoms with van der Waals surface area (Å²) in [6.45, 7) is 0.0136. The molecule has 0 aliphatic rings. The monoisotopic (exact) mass is 318 g/mol. The van der Waals surface area contributed by atoms with Gasteiger partial charge in [0.2, 0.25) is 0 Å². The Morgan fingerprint density at radius 1 is 1.38 bits per heavy atom. The molecule has 21 heavy (non-hydrogen) atoms. The first kappa shape index (κ1) is 15.4. The molecule has 8 heteroatoms. The molecule has 0 aliphatic heterocycles. The van der Waals surface area contributed by atoms with Crippen LogP contribution in [0.25, 0.3) is 0 Å². The summed E-state index contributed by atoms with van der Waals surface area (Å²) in [5.74, 6) is -1.09. The van der Waals surface area contributed by atoms with Crippen molar-refractivity contribution in [1.82, 2.24) is 9.78 Å². The molecule has 0 aliphatic carbocycles. The van der Waals surface area contributed by atoms with Gasteiger partial charge in [-0.1, -0.05) is 29.8 Å². The number of carbonyl (C=O) groups excluding carboxylic acids is 1. The molecule has 1 aromatic heterocycles. The molecule has 4 nitrogen and oxygen atoms in total. The van der Waals surface area contributed by atoms with Gasteiger partial charge in [-0.2, -0.15) is 18.3 Å². The Bertz CT molecular complexity index is 668. The molecule has 0 atom stereocenters. The zero-order valence-electron chi connectivity index (χ0n) is 10.8. The van der Waals surface area contributed by atoms with Crippen molar-refractivity contribution in [2.75, 3.05) is 7.11 Å². The lowest BCUT2D eigenvalue weighted by molar-refractivity contribution is -0.142. The van der Waals surface area contributed by atoms with E-state index in [1.54, 1.807) is 24.3 Å². The summed E-state index contributed by atoms with van der Waals surface area (Å²) >= 11 is 5.95. The highest BCUT2D eigenvalue weighted by molar-refractivity contribution is 6.31. The van der Waals surface area contributed by atoms with Crippen LogP contribution in [0.5, 0.6) is 0 Å². The minimum absolute atomic E-state index is 0.0136. The number of hydrogen-bond donors (Lipinski definition) is 0. The first-order valence-corrected chi connectivity index (χ1v) is 6.17. The van der Waals surface area contributed by atoms with Gasteiger partial charge in [0.1, 0.15) is 5.56 Å². The van der Waals surface area contributed by atoms with Crippen LogP contribution in [0.2, 0.25) is 5.02 Å². The Labute approximate surface area is 123 Å². The normalized spacial score (nSPS) is 11.5. The Morgan fingerprint density at radius 3 is 2.62 bits per heavy atom. The van der Waals surface area contributed by atoms with Crippen LogP contribution in [0.15, 0.2) is 30.5 Å². The zero-order valence-corrected chi connectivity index (χ0v) is 11.6. The van der Waals surface area contributed by atoms with Crippen molar-refractivity contribution in [3.63, 3.8) is 0 Å². The van der Waals surface area contributed by atoms with Crippen molar-refractivity contribution in [3.05, 3.63) is 52.3 Å². The van der Waals surface area contributed by atoms with Crippen molar-refractivity contribution < 1.29 is 22.7 Å². The number of benzene rings is 1. The molecule has 0 bridgehead atoms. The van der Waals surface area contributed by atoms with Gasteiger partial charge in [-0.25, -0.2) is 4.79 Å². The molecule has 1 heterocycles. The Balaban J connectivity index is 2.40. The lowest BCUT2D eigenvalue weighted by Gasteiger charge is -2.05. The molecule has 0 amide bonds. The van der Waals surface area contributed by atoms with E-state index < -0.39 is 23.4 Å². The molecule has 0 N–H and O–H groups in total. The number of halogens is 4. The third kappa shape index (κ3) is 3.36. The van der Waals surface area contributed by atoms with E-state index in [2.05, 4.69) is 9.84 Å². The van der Waals surface area contributed by atoms with Crippen molar-refractivity contribution in [2.45, 2.75) is 12.7 Å². The highest BCUT2D eigenvalue weighted by atomic mass is 35.5. The van der Waals surface area contributed by atoms with E-state index in [9.17, 15) is 18.0 Å². The second-order valence-corrected chi connectivity index (χ2v) is 4.58. The number of nitrogens with zero attached hydrogens (tertiary/aromatic N) is 2. The van der Waals surface area contributed by atoms with E-state index in [4.69, 9.17) is 11.6 Å². The van der Waals surface area contributed by atoms with Crippen LogP contribution in [0, 0.1) is 0 Å². The highest BCUT2D eigenvalue weighted by Crippen LogP contribution is 2.31. The first-order valence-electron chi connectivity index (χ1n) is 5.79. The maximum atomic E-state index is 12.9. The van der Waals surface area contributed by atoms with Crippen molar-refractivity contribution in [2.24, 2.45) is 0 Å². The lowest BCUT2D eigenvalue weighted by atomic mass is 10.2. The van der Waals surface area contributed by atoms with Crippen LogP contribution in [0.3, 0.4) is 0 Å². The van der Waals surface area contributed by atoms with Gasteiger partial charge in [-0.3, -0.25) is 4.68 Å². The van der Waals surface area contributed by atoms with Gasteiger partial charge in [-0.15, -0.1) is 0 Å². The molecule has 0 saturated carbocycles. The molecule has 0 fully saturated rings. The summed E-state index contributed by atoms with van der Waals surface area (Å²) in [4.78, 5) is 11.4. The number of alkyl halides is 3. The van der Waals surface area contributed by atoms with Crippen LogP contribution >= 0.6 is 11.6 Å². The van der Waals surface area contributed by atoms with Crippen LogP contribution in [0.4, 0.5) is 13.2 Å². The molecule has 1 aromatic carbocycles. The van der Waals surface area contributed by atoms with E-state index in [1.807, 2.05) is 0 Å². The standard InChI is InChI=1S/C13H10ClF3N2O2/c1-21-12(20)9-7-19(18-11(9)13(15,16)17)6-8-4-2-3-5-10(8)14/h2-5,7H,6H2,1H3. The number of aromatic nitrogens is 2. The average Bonchev–Trinajstić information content (AvgIpc) is 2.84.